The maximum atomic E-state index is 13.0. The van der Waals surface area contributed by atoms with Gasteiger partial charge in [-0.25, -0.2) is 4.98 Å². The number of ketones is 1. The van der Waals surface area contributed by atoms with Crippen molar-refractivity contribution in [2.24, 2.45) is 4.99 Å². The highest BCUT2D eigenvalue weighted by molar-refractivity contribution is 6.16. The summed E-state index contributed by atoms with van der Waals surface area (Å²) in [6, 6.07) is 21.2. The average molecular weight is 425 g/mol. The van der Waals surface area contributed by atoms with Crippen LogP contribution in [0.5, 0.6) is 5.75 Å². The quantitative estimate of drug-likeness (QED) is 0.522. The molecular formula is C24H19N5O3. The minimum absolute atomic E-state index is 0.0919. The van der Waals surface area contributed by atoms with Gasteiger partial charge in [0.15, 0.2) is 11.9 Å². The third-order valence-corrected chi connectivity index (χ3v) is 5.12. The van der Waals surface area contributed by atoms with Crippen molar-refractivity contribution >= 4 is 17.5 Å². The van der Waals surface area contributed by atoms with Crippen molar-refractivity contribution in [1.82, 2.24) is 15.2 Å². The van der Waals surface area contributed by atoms with Gasteiger partial charge in [-0.3, -0.25) is 9.79 Å². The highest BCUT2D eigenvalue weighted by Crippen LogP contribution is 2.24. The number of hydrogen-bond donors (Lipinski definition) is 1. The van der Waals surface area contributed by atoms with Gasteiger partial charge in [-0.05, 0) is 17.7 Å². The predicted octanol–water partition coefficient (Wildman–Crippen LogP) is 3.54. The molecule has 0 radical (unpaired) electrons. The Kier molecular flexibility index (Phi) is 5.17. The highest BCUT2D eigenvalue weighted by Gasteiger charge is 2.27. The summed E-state index contributed by atoms with van der Waals surface area (Å²) in [6.45, 7) is 0. The fourth-order valence-electron chi connectivity index (χ4n) is 3.53. The van der Waals surface area contributed by atoms with Crippen molar-refractivity contribution in [3.8, 4) is 17.3 Å². The number of nitrogens with zero attached hydrogens (tertiary/aromatic N) is 4. The van der Waals surface area contributed by atoms with E-state index in [2.05, 4.69) is 20.5 Å². The number of ether oxygens (including phenoxy) is 1. The van der Waals surface area contributed by atoms with Gasteiger partial charge in [-0.2, -0.15) is 0 Å². The fraction of sp³-hybridized carbons (Fsp3) is 0.125. The van der Waals surface area contributed by atoms with E-state index in [0.717, 1.165) is 22.4 Å². The minimum atomic E-state index is -0.866. The Morgan fingerprint density at radius 2 is 1.81 bits per heavy atom. The topological polar surface area (TPSA) is 102 Å². The zero-order chi connectivity index (χ0) is 21.9. The molecule has 0 fully saturated rings. The van der Waals surface area contributed by atoms with E-state index in [1.807, 2.05) is 54.6 Å². The molecular weight excluding hydrogens is 406 g/mol. The molecule has 8 heteroatoms. The summed E-state index contributed by atoms with van der Waals surface area (Å²) in [5.74, 6) is 0.760. The predicted molar refractivity (Wildman–Crippen MR) is 119 cm³/mol. The van der Waals surface area contributed by atoms with Crippen molar-refractivity contribution in [3.05, 3.63) is 89.6 Å². The molecule has 1 aliphatic heterocycles. The summed E-state index contributed by atoms with van der Waals surface area (Å²) in [5.41, 5.74) is 4.03. The molecule has 2 aromatic carbocycles. The molecule has 0 amide bonds. The third kappa shape index (κ3) is 3.85. The van der Waals surface area contributed by atoms with E-state index < -0.39 is 6.17 Å². The number of nitrogens with one attached hydrogen (secondary N) is 1. The van der Waals surface area contributed by atoms with E-state index in [0.29, 0.717) is 11.4 Å². The van der Waals surface area contributed by atoms with Gasteiger partial charge in [0.25, 0.3) is 5.89 Å². The van der Waals surface area contributed by atoms with Gasteiger partial charge in [0.2, 0.25) is 0 Å². The Morgan fingerprint density at radius 1 is 1.00 bits per heavy atom. The molecule has 3 heterocycles. The smallest absolute Gasteiger partial charge is 0.317 e. The molecule has 4 aromatic rings. The van der Waals surface area contributed by atoms with Crippen LogP contribution in [0.15, 0.2) is 82.3 Å². The van der Waals surface area contributed by atoms with Crippen molar-refractivity contribution < 1.29 is 13.9 Å². The Balaban J connectivity index is 1.47. The van der Waals surface area contributed by atoms with Crippen LogP contribution in [0, 0.1) is 0 Å². The molecule has 0 saturated heterocycles. The van der Waals surface area contributed by atoms with Crippen LogP contribution in [-0.4, -0.2) is 40.0 Å². The van der Waals surface area contributed by atoms with E-state index >= 15 is 0 Å². The summed E-state index contributed by atoms with van der Waals surface area (Å²) in [5, 5.41) is 11.0. The van der Waals surface area contributed by atoms with Gasteiger partial charge in [0.1, 0.15) is 11.4 Å². The molecule has 1 atom stereocenters. The number of methoxy groups -OCH3 is 1. The van der Waals surface area contributed by atoms with Crippen LogP contribution in [0.4, 0.5) is 6.01 Å². The molecule has 1 unspecified atom stereocenters. The fourth-order valence-corrected chi connectivity index (χ4v) is 3.53. The van der Waals surface area contributed by atoms with Gasteiger partial charge in [-0.1, -0.05) is 59.7 Å². The molecule has 158 valence electrons. The van der Waals surface area contributed by atoms with Crippen LogP contribution in [0.3, 0.4) is 0 Å². The van der Waals surface area contributed by atoms with E-state index in [1.165, 1.54) is 0 Å². The van der Waals surface area contributed by atoms with Crippen LogP contribution in [0.1, 0.15) is 16.7 Å². The summed E-state index contributed by atoms with van der Waals surface area (Å²) >= 11 is 0. The first-order valence-corrected chi connectivity index (χ1v) is 10.1. The second-order valence-corrected chi connectivity index (χ2v) is 7.19. The number of hydrogen-bond acceptors (Lipinski definition) is 8. The largest absolute Gasteiger partial charge is 0.495 e. The molecule has 1 aliphatic rings. The Morgan fingerprint density at radius 3 is 2.59 bits per heavy atom. The molecule has 32 heavy (non-hydrogen) atoms. The Hall–Kier alpha value is -4.33. The monoisotopic (exact) mass is 425 g/mol. The number of carbonyl (C=O) groups excluding carboxylic acids is 1. The van der Waals surface area contributed by atoms with Crippen LogP contribution in [0.2, 0.25) is 0 Å². The number of anilines is 1. The SMILES string of the molecule is COc1ccc(-c2nnc(NC3N=C(c4ccccc4)c4ccccc4CC3=O)o2)nc1. The number of aliphatic imine (C=N–C) groups is 1. The summed E-state index contributed by atoms with van der Waals surface area (Å²) < 4.78 is 10.8. The number of fused-ring (bicyclic) bond motifs is 1. The van der Waals surface area contributed by atoms with Crippen LogP contribution in [-0.2, 0) is 11.2 Å². The highest BCUT2D eigenvalue weighted by atomic mass is 16.5. The van der Waals surface area contributed by atoms with Crippen LogP contribution < -0.4 is 10.1 Å². The number of pyridine rings is 1. The van der Waals surface area contributed by atoms with Crippen LogP contribution >= 0.6 is 0 Å². The molecule has 0 bridgehead atoms. The van der Waals surface area contributed by atoms with Gasteiger partial charge in [0, 0.05) is 17.5 Å². The zero-order valence-electron chi connectivity index (χ0n) is 17.2. The van der Waals surface area contributed by atoms with Gasteiger partial charge < -0.3 is 14.5 Å². The van der Waals surface area contributed by atoms with E-state index in [1.54, 1.807) is 25.4 Å². The lowest BCUT2D eigenvalue weighted by molar-refractivity contribution is -0.119. The van der Waals surface area contributed by atoms with E-state index in [4.69, 9.17) is 14.1 Å². The first kappa shape index (κ1) is 19.6. The average Bonchev–Trinajstić information content (AvgIpc) is 3.26. The lowest BCUT2D eigenvalue weighted by Gasteiger charge is -2.11. The molecule has 0 aliphatic carbocycles. The number of aromatic nitrogens is 3. The van der Waals surface area contributed by atoms with Gasteiger partial charge >= 0.3 is 6.01 Å². The second kappa shape index (κ2) is 8.43. The minimum Gasteiger partial charge on any atom is -0.495 e. The molecule has 2 aromatic heterocycles. The summed E-state index contributed by atoms with van der Waals surface area (Å²) in [4.78, 5) is 22.0. The number of benzene rings is 2. The number of Topliss-reactive ketones (excluding diaryl/α,β-unsaturated/α-hetero) is 1. The standard InChI is InChI=1S/C24H19N5O3/c1-31-17-11-12-19(25-14-17)23-28-29-24(32-23)27-22-20(30)13-16-9-5-6-10-18(16)21(26-22)15-7-3-2-4-8-15/h2-12,14,22H,13H2,1H3,(H,27,29). The van der Waals surface area contributed by atoms with Gasteiger partial charge in [0.05, 0.1) is 19.0 Å². The summed E-state index contributed by atoms with van der Waals surface area (Å²) in [7, 11) is 1.57. The Bertz CT molecular complexity index is 1280. The second-order valence-electron chi connectivity index (χ2n) is 7.19. The first-order chi connectivity index (χ1) is 15.7. The van der Waals surface area contributed by atoms with Crippen LogP contribution in [0.25, 0.3) is 11.6 Å². The molecule has 8 nitrogen and oxygen atoms in total. The van der Waals surface area contributed by atoms with Gasteiger partial charge in [-0.15, -0.1) is 5.10 Å². The number of rotatable bonds is 5. The molecule has 0 spiro atoms. The van der Waals surface area contributed by atoms with E-state index in [9.17, 15) is 4.79 Å². The number of carbonyl (C=O) groups is 1. The maximum absolute atomic E-state index is 13.0. The lowest BCUT2D eigenvalue weighted by Crippen LogP contribution is -2.29. The molecule has 0 saturated carbocycles. The zero-order valence-corrected chi connectivity index (χ0v) is 17.2. The first-order valence-electron chi connectivity index (χ1n) is 10.1. The Labute approximate surface area is 184 Å². The van der Waals surface area contributed by atoms with E-state index in [-0.39, 0.29) is 24.1 Å². The maximum Gasteiger partial charge on any atom is 0.317 e. The lowest BCUT2D eigenvalue weighted by atomic mass is 9.96. The van der Waals surface area contributed by atoms with Crippen molar-refractivity contribution in [2.75, 3.05) is 12.4 Å². The van der Waals surface area contributed by atoms with Crippen molar-refractivity contribution in [3.63, 3.8) is 0 Å². The summed E-state index contributed by atoms with van der Waals surface area (Å²) in [6.07, 6.45) is 0.943. The normalized spacial score (nSPS) is 15.5. The third-order valence-electron chi connectivity index (χ3n) is 5.12. The molecule has 5 rings (SSSR count). The van der Waals surface area contributed by atoms with Crippen molar-refractivity contribution in [2.45, 2.75) is 12.6 Å². The molecule has 1 N–H and O–H groups in total. The van der Waals surface area contributed by atoms with Crippen molar-refractivity contribution in [1.29, 1.82) is 0 Å².